The van der Waals surface area contributed by atoms with E-state index in [1.165, 1.54) is 0 Å². The second-order valence-corrected chi connectivity index (χ2v) is 3.18. The molecule has 0 aliphatic heterocycles. The first kappa shape index (κ1) is 8.99. The predicted molar refractivity (Wildman–Crippen MR) is 39.5 cm³/mol. The van der Waals surface area contributed by atoms with Crippen molar-refractivity contribution in [2.45, 2.75) is 25.3 Å². The van der Waals surface area contributed by atoms with Crippen LogP contribution in [0.1, 0.15) is 19.3 Å². The molecule has 2 atom stereocenters. The van der Waals surface area contributed by atoms with E-state index in [-0.39, 0.29) is 6.42 Å². The van der Waals surface area contributed by atoms with Gasteiger partial charge in [0, 0.05) is 6.04 Å². The Hall–Kier alpha value is -1.10. The lowest BCUT2D eigenvalue weighted by Gasteiger charge is -2.42. The van der Waals surface area contributed by atoms with Crippen molar-refractivity contribution in [1.82, 2.24) is 0 Å². The SMILES string of the molecule is NC1CCC1(CC(=O)O)C(=O)O. The molecule has 0 heterocycles. The van der Waals surface area contributed by atoms with Crippen LogP contribution in [0, 0.1) is 5.41 Å². The van der Waals surface area contributed by atoms with Crippen molar-refractivity contribution in [3.63, 3.8) is 0 Å². The minimum Gasteiger partial charge on any atom is -0.481 e. The molecule has 0 saturated heterocycles. The highest BCUT2D eigenvalue weighted by molar-refractivity contribution is 5.83. The fraction of sp³-hybridized carbons (Fsp3) is 0.714. The van der Waals surface area contributed by atoms with Crippen molar-refractivity contribution < 1.29 is 19.8 Å². The molecular formula is C7H11NO4. The summed E-state index contributed by atoms with van der Waals surface area (Å²) in [6.45, 7) is 0. The Labute approximate surface area is 69.2 Å². The van der Waals surface area contributed by atoms with Gasteiger partial charge in [0.25, 0.3) is 0 Å². The van der Waals surface area contributed by atoms with Gasteiger partial charge in [-0.3, -0.25) is 9.59 Å². The van der Waals surface area contributed by atoms with Gasteiger partial charge < -0.3 is 15.9 Å². The number of carbonyl (C=O) groups is 2. The molecule has 0 radical (unpaired) electrons. The van der Waals surface area contributed by atoms with Crippen LogP contribution in [0.25, 0.3) is 0 Å². The van der Waals surface area contributed by atoms with Gasteiger partial charge in [0.2, 0.25) is 0 Å². The van der Waals surface area contributed by atoms with Crippen LogP contribution in [-0.2, 0) is 9.59 Å². The molecule has 12 heavy (non-hydrogen) atoms. The van der Waals surface area contributed by atoms with E-state index in [1.807, 2.05) is 0 Å². The normalized spacial score (nSPS) is 33.9. The maximum atomic E-state index is 10.7. The monoisotopic (exact) mass is 173 g/mol. The molecule has 0 aromatic heterocycles. The fourth-order valence-electron chi connectivity index (χ4n) is 1.49. The van der Waals surface area contributed by atoms with E-state index >= 15 is 0 Å². The summed E-state index contributed by atoms with van der Waals surface area (Å²) in [5.41, 5.74) is 4.26. The zero-order valence-electron chi connectivity index (χ0n) is 6.49. The maximum absolute atomic E-state index is 10.7. The number of aliphatic carboxylic acids is 2. The van der Waals surface area contributed by atoms with Gasteiger partial charge in [-0.25, -0.2) is 0 Å². The van der Waals surface area contributed by atoms with Crippen molar-refractivity contribution in [1.29, 1.82) is 0 Å². The lowest BCUT2D eigenvalue weighted by Crippen LogP contribution is -2.56. The highest BCUT2D eigenvalue weighted by atomic mass is 16.4. The summed E-state index contributed by atoms with van der Waals surface area (Å²) in [6, 6.07) is -0.508. The number of rotatable bonds is 3. The van der Waals surface area contributed by atoms with Crippen LogP contribution >= 0.6 is 0 Å². The van der Waals surface area contributed by atoms with Crippen LogP contribution in [0.5, 0.6) is 0 Å². The largest absolute Gasteiger partial charge is 0.481 e. The molecule has 1 aliphatic rings. The summed E-state index contributed by atoms with van der Waals surface area (Å²) in [5, 5.41) is 17.2. The Bertz CT molecular complexity index is 227. The molecule has 1 rings (SSSR count). The topological polar surface area (TPSA) is 101 Å². The minimum atomic E-state index is -1.20. The molecule has 5 heteroatoms. The number of carboxylic acids is 2. The van der Waals surface area contributed by atoms with Gasteiger partial charge in [-0.15, -0.1) is 0 Å². The summed E-state index contributed by atoms with van der Waals surface area (Å²) < 4.78 is 0. The first-order valence-corrected chi connectivity index (χ1v) is 3.70. The van der Waals surface area contributed by atoms with Gasteiger partial charge in [-0.2, -0.15) is 0 Å². The van der Waals surface area contributed by atoms with E-state index in [0.29, 0.717) is 12.8 Å². The molecule has 0 aromatic carbocycles. The Morgan fingerprint density at radius 1 is 1.50 bits per heavy atom. The van der Waals surface area contributed by atoms with Crippen molar-refractivity contribution in [3.05, 3.63) is 0 Å². The van der Waals surface area contributed by atoms with Crippen molar-refractivity contribution in [3.8, 4) is 0 Å². The van der Waals surface area contributed by atoms with Crippen LogP contribution in [0.3, 0.4) is 0 Å². The summed E-state index contributed by atoms with van der Waals surface area (Å²) in [4.78, 5) is 21.0. The van der Waals surface area contributed by atoms with Crippen LogP contribution < -0.4 is 5.73 Å². The maximum Gasteiger partial charge on any atom is 0.311 e. The zero-order chi connectivity index (χ0) is 9.35. The van der Waals surface area contributed by atoms with Gasteiger partial charge in [0.15, 0.2) is 0 Å². The molecule has 1 saturated carbocycles. The predicted octanol–water partition coefficient (Wildman–Crippen LogP) is -0.347. The molecule has 0 aromatic rings. The second kappa shape index (κ2) is 2.75. The molecule has 1 fully saturated rings. The van der Waals surface area contributed by atoms with Crippen LogP contribution in [0.2, 0.25) is 0 Å². The van der Waals surface area contributed by atoms with E-state index in [0.717, 1.165) is 0 Å². The van der Waals surface area contributed by atoms with Crippen molar-refractivity contribution in [2.75, 3.05) is 0 Å². The van der Waals surface area contributed by atoms with E-state index in [1.54, 1.807) is 0 Å². The number of carboxylic acid groups (broad SMARTS) is 2. The van der Waals surface area contributed by atoms with E-state index in [4.69, 9.17) is 15.9 Å². The van der Waals surface area contributed by atoms with Crippen molar-refractivity contribution >= 4 is 11.9 Å². The van der Waals surface area contributed by atoms with Gasteiger partial charge in [0.1, 0.15) is 0 Å². The fourth-order valence-corrected chi connectivity index (χ4v) is 1.49. The average molecular weight is 173 g/mol. The molecule has 0 amide bonds. The Morgan fingerprint density at radius 3 is 2.17 bits per heavy atom. The van der Waals surface area contributed by atoms with Gasteiger partial charge >= 0.3 is 11.9 Å². The first-order valence-electron chi connectivity index (χ1n) is 3.70. The highest BCUT2D eigenvalue weighted by Gasteiger charge is 2.52. The van der Waals surface area contributed by atoms with Gasteiger partial charge in [0.05, 0.1) is 11.8 Å². The Morgan fingerprint density at radius 2 is 2.08 bits per heavy atom. The highest BCUT2D eigenvalue weighted by Crippen LogP contribution is 2.43. The summed E-state index contributed by atoms with van der Waals surface area (Å²) in [6.07, 6.45) is 0.596. The molecule has 2 unspecified atom stereocenters. The molecule has 4 N–H and O–H groups in total. The Balaban J connectivity index is 2.74. The van der Waals surface area contributed by atoms with Crippen LogP contribution in [-0.4, -0.2) is 28.2 Å². The molecule has 0 spiro atoms. The summed E-state index contributed by atoms with van der Waals surface area (Å²) in [7, 11) is 0. The second-order valence-electron chi connectivity index (χ2n) is 3.18. The average Bonchev–Trinajstić information content (AvgIpc) is 1.96. The molecule has 5 nitrogen and oxygen atoms in total. The third-order valence-corrected chi connectivity index (χ3v) is 2.50. The van der Waals surface area contributed by atoms with E-state index in [9.17, 15) is 9.59 Å². The van der Waals surface area contributed by atoms with Gasteiger partial charge in [-0.05, 0) is 12.8 Å². The Kier molecular flexibility index (Phi) is 2.06. The zero-order valence-corrected chi connectivity index (χ0v) is 6.49. The van der Waals surface area contributed by atoms with Crippen LogP contribution in [0.15, 0.2) is 0 Å². The lowest BCUT2D eigenvalue weighted by atomic mass is 9.63. The van der Waals surface area contributed by atoms with Crippen LogP contribution in [0.4, 0.5) is 0 Å². The van der Waals surface area contributed by atoms with E-state index in [2.05, 4.69) is 0 Å². The summed E-state index contributed by atoms with van der Waals surface area (Å²) in [5.74, 6) is -2.20. The molecular weight excluding hydrogens is 162 g/mol. The third kappa shape index (κ3) is 1.16. The minimum absolute atomic E-state index is 0.371. The molecule has 68 valence electrons. The van der Waals surface area contributed by atoms with E-state index < -0.39 is 23.4 Å². The third-order valence-electron chi connectivity index (χ3n) is 2.50. The first-order chi connectivity index (χ1) is 5.49. The number of hydrogen-bond donors (Lipinski definition) is 3. The standard InChI is InChI=1S/C7H11NO4/c8-4-1-2-7(4,6(11)12)3-5(9)10/h4H,1-3,8H2,(H,9,10)(H,11,12). The number of nitrogens with two attached hydrogens (primary N) is 1. The molecule has 1 aliphatic carbocycles. The smallest absolute Gasteiger partial charge is 0.311 e. The summed E-state index contributed by atoms with van der Waals surface area (Å²) >= 11 is 0. The van der Waals surface area contributed by atoms with Crippen molar-refractivity contribution in [2.24, 2.45) is 11.1 Å². The number of hydrogen-bond acceptors (Lipinski definition) is 3. The van der Waals surface area contributed by atoms with Gasteiger partial charge in [-0.1, -0.05) is 0 Å². The molecule has 0 bridgehead atoms. The lowest BCUT2D eigenvalue weighted by molar-refractivity contribution is -0.163. The quantitative estimate of drug-likeness (QED) is 0.541.